The number of likely N-dealkylation sites (tertiary alicyclic amines) is 1. The van der Waals surface area contributed by atoms with Crippen LogP contribution in [0.3, 0.4) is 0 Å². The standard InChI is InChI=1S/C21H26N4O/c22-26-21(15-20-23-18-9-4-5-10-19(18)24-20)11-6-13-25(14-12-21)16-17-7-2-1-3-8-17/h1-5,7-10H,6,11-16,22H2,(H,23,24). The molecular formula is C21H26N4O. The summed E-state index contributed by atoms with van der Waals surface area (Å²) in [6, 6.07) is 18.7. The third kappa shape index (κ3) is 3.80. The minimum Gasteiger partial charge on any atom is -0.342 e. The quantitative estimate of drug-likeness (QED) is 0.692. The van der Waals surface area contributed by atoms with E-state index in [9.17, 15) is 0 Å². The molecular weight excluding hydrogens is 324 g/mol. The van der Waals surface area contributed by atoms with Crippen molar-refractivity contribution in [3.8, 4) is 0 Å². The first-order chi connectivity index (χ1) is 12.8. The van der Waals surface area contributed by atoms with Crippen LogP contribution in [0.25, 0.3) is 11.0 Å². The van der Waals surface area contributed by atoms with Crippen LogP contribution in [0.5, 0.6) is 0 Å². The van der Waals surface area contributed by atoms with Crippen molar-refractivity contribution < 1.29 is 4.84 Å². The summed E-state index contributed by atoms with van der Waals surface area (Å²) < 4.78 is 0. The molecule has 0 radical (unpaired) electrons. The topological polar surface area (TPSA) is 67.2 Å². The summed E-state index contributed by atoms with van der Waals surface area (Å²) in [7, 11) is 0. The lowest BCUT2D eigenvalue weighted by Crippen LogP contribution is -2.39. The van der Waals surface area contributed by atoms with Gasteiger partial charge in [-0.15, -0.1) is 0 Å². The maximum Gasteiger partial charge on any atom is 0.110 e. The molecule has 1 aliphatic rings. The number of aromatic nitrogens is 2. The number of hydrogen-bond donors (Lipinski definition) is 2. The second kappa shape index (κ2) is 7.58. The lowest BCUT2D eigenvalue weighted by atomic mass is 9.91. The summed E-state index contributed by atoms with van der Waals surface area (Å²) in [6.07, 6.45) is 3.65. The van der Waals surface area contributed by atoms with Crippen molar-refractivity contribution in [3.05, 3.63) is 66.0 Å². The Morgan fingerprint density at radius 3 is 2.65 bits per heavy atom. The number of imidazole rings is 1. The van der Waals surface area contributed by atoms with E-state index in [2.05, 4.69) is 46.3 Å². The Balaban J connectivity index is 1.45. The number of nitrogens with zero attached hydrogens (tertiary/aromatic N) is 2. The van der Waals surface area contributed by atoms with Crippen LogP contribution in [-0.4, -0.2) is 33.6 Å². The van der Waals surface area contributed by atoms with E-state index in [1.165, 1.54) is 5.56 Å². The molecule has 1 aromatic heterocycles. The van der Waals surface area contributed by atoms with Crippen molar-refractivity contribution in [3.63, 3.8) is 0 Å². The number of aromatic amines is 1. The largest absolute Gasteiger partial charge is 0.342 e. The highest BCUT2D eigenvalue weighted by molar-refractivity contribution is 5.74. The number of nitrogens with one attached hydrogen (secondary N) is 1. The van der Waals surface area contributed by atoms with Gasteiger partial charge >= 0.3 is 0 Å². The monoisotopic (exact) mass is 350 g/mol. The van der Waals surface area contributed by atoms with Crippen LogP contribution in [0.1, 0.15) is 30.7 Å². The maximum atomic E-state index is 5.79. The molecule has 3 aromatic rings. The maximum absolute atomic E-state index is 5.79. The van der Waals surface area contributed by atoms with E-state index < -0.39 is 0 Å². The Morgan fingerprint density at radius 1 is 1.04 bits per heavy atom. The fourth-order valence-corrected chi connectivity index (χ4v) is 3.95. The summed E-state index contributed by atoms with van der Waals surface area (Å²) in [5.41, 5.74) is 3.06. The van der Waals surface area contributed by atoms with E-state index in [1.54, 1.807) is 0 Å². The van der Waals surface area contributed by atoms with E-state index in [-0.39, 0.29) is 5.60 Å². The second-order valence-corrected chi connectivity index (χ2v) is 7.29. The zero-order valence-electron chi connectivity index (χ0n) is 15.0. The molecule has 0 amide bonds. The molecule has 0 spiro atoms. The first-order valence-corrected chi connectivity index (χ1v) is 9.34. The Bertz CT molecular complexity index is 814. The van der Waals surface area contributed by atoms with E-state index in [4.69, 9.17) is 15.7 Å². The number of para-hydroxylation sites is 2. The average Bonchev–Trinajstić information content (AvgIpc) is 2.97. The molecule has 5 nitrogen and oxygen atoms in total. The van der Waals surface area contributed by atoms with Gasteiger partial charge in [-0.1, -0.05) is 42.5 Å². The van der Waals surface area contributed by atoms with Crippen LogP contribution in [-0.2, 0) is 17.8 Å². The fourth-order valence-electron chi connectivity index (χ4n) is 3.95. The Morgan fingerprint density at radius 2 is 1.85 bits per heavy atom. The molecule has 5 heteroatoms. The summed E-state index contributed by atoms with van der Waals surface area (Å²) in [6.45, 7) is 3.03. The summed E-state index contributed by atoms with van der Waals surface area (Å²) in [4.78, 5) is 16.2. The molecule has 1 atom stereocenters. The van der Waals surface area contributed by atoms with E-state index in [0.29, 0.717) is 0 Å². The zero-order chi connectivity index (χ0) is 17.8. The molecule has 136 valence electrons. The van der Waals surface area contributed by atoms with Crippen LogP contribution in [0, 0.1) is 0 Å². The molecule has 1 aliphatic heterocycles. The SMILES string of the molecule is NOC1(Cc2nc3ccccc3[nH]2)CCCN(Cc2ccccc2)CC1. The highest BCUT2D eigenvalue weighted by Crippen LogP contribution is 2.29. The van der Waals surface area contributed by atoms with Gasteiger partial charge in [0.05, 0.1) is 16.6 Å². The highest BCUT2D eigenvalue weighted by Gasteiger charge is 2.34. The number of nitrogens with two attached hydrogens (primary N) is 1. The van der Waals surface area contributed by atoms with Crippen molar-refractivity contribution in [1.29, 1.82) is 0 Å². The van der Waals surface area contributed by atoms with Gasteiger partial charge in [-0.2, -0.15) is 0 Å². The molecule has 1 saturated heterocycles. The van der Waals surface area contributed by atoms with Gasteiger partial charge in [0.15, 0.2) is 0 Å². The molecule has 4 rings (SSSR count). The average molecular weight is 350 g/mol. The number of rotatable bonds is 5. The summed E-state index contributed by atoms with van der Waals surface area (Å²) in [5.74, 6) is 6.74. The molecule has 2 aromatic carbocycles. The molecule has 1 unspecified atom stereocenters. The molecule has 26 heavy (non-hydrogen) atoms. The van der Waals surface area contributed by atoms with Crippen LogP contribution in [0.4, 0.5) is 0 Å². The normalized spacial score (nSPS) is 21.7. The fraction of sp³-hybridized carbons (Fsp3) is 0.381. The first kappa shape index (κ1) is 17.2. The molecule has 3 N–H and O–H groups in total. The van der Waals surface area contributed by atoms with Gasteiger partial charge in [-0.25, -0.2) is 10.9 Å². The van der Waals surface area contributed by atoms with Gasteiger partial charge in [0, 0.05) is 19.5 Å². The summed E-state index contributed by atoms with van der Waals surface area (Å²) in [5, 5.41) is 0. The van der Waals surface area contributed by atoms with E-state index in [1.807, 2.05) is 18.2 Å². The van der Waals surface area contributed by atoms with Crippen molar-refractivity contribution in [2.75, 3.05) is 13.1 Å². The Hall–Kier alpha value is -2.21. The van der Waals surface area contributed by atoms with Crippen LogP contribution in [0.2, 0.25) is 0 Å². The minimum absolute atomic E-state index is 0.348. The minimum atomic E-state index is -0.348. The Labute approximate surface area is 154 Å². The predicted molar refractivity (Wildman–Crippen MR) is 103 cm³/mol. The number of fused-ring (bicyclic) bond motifs is 1. The van der Waals surface area contributed by atoms with Crippen molar-refractivity contribution in [2.24, 2.45) is 5.90 Å². The lowest BCUT2D eigenvalue weighted by Gasteiger charge is -2.29. The molecule has 0 saturated carbocycles. The van der Waals surface area contributed by atoms with Gasteiger partial charge < -0.3 is 4.98 Å². The third-order valence-electron chi connectivity index (χ3n) is 5.42. The van der Waals surface area contributed by atoms with Crippen LogP contribution < -0.4 is 5.90 Å². The highest BCUT2D eigenvalue weighted by atomic mass is 16.6. The van der Waals surface area contributed by atoms with Gasteiger partial charge in [-0.3, -0.25) is 9.74 Å². The Kier molecular flexibility index (Phi) is 5.02. The summed E-state index contributed by atoms with van der Waals surface area (Å²) >= 11 is 0. The van der Waals surface area contributed by atoms with Crippen molar-refractivity contribution in [2.45, 2.75) is 37.8 Å². The number of hydrogen-bond acceptors (Lipinski definition) is 4. The van der Waals surface area contributed by atoms with Crippen molar-refractivity contribution >= 4 is 11.0 Å². The second-order valence-electron chi connectivity index (χ2n) is 7.29. The molecule has 0 aliphatic carbocycles. The van der Waals surface area contributed by atoms with E-state index >= 15 is 0 Å². The molecule has 2 heterocycles. The van der Waals surface area contributed by atoms with Gasteiger partial charge in [0.25, 0.3) is 0 Å². The number of benzene rings is 2. The first-order valence-electron chi connectivity index (χ1n) is 9.34. The molecule has 0 bridgehead atoms. The van der Waals surface area contributed by atoms with Crippen LogP contribution in [0.15, 0.2) is 54.6 Å². The molecule has 1 fully saturated rings. The number of H-pyrrole nitrogens is 1. The van der Waals surface area contributed by atoms with Gasteiger partial charge in [0.2, 0.25) is 0 Å². The predicted octanol–water partition coefficient (Wildman–Crippen LogP) is 3.42. The van der Waals surface area contributed by atoms with E-state index in [0.717, 1.165) is 62.2 Å². The van der Waals surface area contributed by atoms with Crippen molar-refractivity contribution in [1.82, 2.24) is 14.9 Å². The van der Waals surface area contributed by atoms with Crippen LogP contribution >= 0.6 is 0 Å². The van der Waals surface area contributed by atoms with Gasteiger partial charge in [-0.05, 0) is 43.5 Å². The van der Waals surface area contributed by atoms with Gasteiger partial charge in [0.1, 0.15) is 5.82 Å². The lowest BCUT2D eigenvalue weighted by molar-refractivity contribution is -0.0590. The smallest absolute Gasteiger partial charge is 0.110 e. The third-order valence-corrected chi connectivity index (χ3v) is 5.42. The zero-order valence-corrected chi connectivity index (χ0v) is 15.0.